The van der Waals surface area contributed by atoms with Gasteiger partial charge < -0.3 is 10.2 Å². The molecule has 21 heavy (non-hydrogen) atoms. The van der Waals surface area contributed by atoms with Gasteiger partial charge in [0.2, 0.25) is 0 Å². The molecule has 0 amide bonds. The van der Waals surface area contributed by atoms with Gasteiger partial charge in [0.05, 0.1) is 0 Å². The van der Waals surface area contributed by atoms with Crippen LogP contribution in [0.15, 0.2) is 24.3 Å². The summed E-state index contributed by atoms with van der Waals surface area (Å²) < 4.78 is 0. The van der Waals surface area contributed by atoms with Crippen molar-refractivity contribution < 1.29 is 10.2 Å². The van der Waals surface area contributed by atoms with Gasteiger partial charge in [-0.2, -0.15) is 0 Å². The van der Waals surface area contributed by atoms with E-state index in [-0.39, 0.29) is 9.52 Å². The summed E-state index contributed by atoms with van der Waals surface area (Å²) in [5, 5.41) is 22.4. The molecule has 2 aromatic carbocycles. The third kappa shape index (κ3) is 3.30. The molecule has 2 radical (unpaired) electrons. The van der Waals surface area contributed by atoms with E-state index in [4.69, 9.17) is 0 Å². The van der Waals surface area contributed by atoms with E-state index in [0.29, 0.717) is 11.5 Å². The summed E-state index contributed by atoms with van der Waals surface area (Å²) in [4.78, 5) is 0. The number of aromatic hydroxyl groups is 2. The molecule has 0 aliphatic heterocycles. The quantitative estimate of drug-likeness (QED) is 0.852. The molecule has 0 saturated carbocycles. The van der Waals surface area contributed by atoms with Gasteiger partial charge in [0.1, 0.15) is 21.0 Å². The second-order valence-electron chi connectivity index (χ2n) is 5.45. The second-order valence-corrected chi connectivity index (χ2v) is 6.78. The number of hydrogen-bond acceptors (Lipinski definition) is 2. The van der Waals surface area contributed by atoms with Crippen LogP contribution in [-0.4, -0.2) is 19.7 Å². The fraction of sp³-hybridized carbons (Fsp3) is 0.333. The minimum atomic E-state index is 0.266. The smallest absolute Gasteiger partial charge is 0.131 e. The van der Waals surface area contributed by atoms with Crippen molar-refractivity contribution >= 4 is 19.9 Å². The highest BCUT2D eigenvalue weighted by Crippen LogP contribution is 2.18. The van der Waals surface area contributed by atoms with Crippen LogP contribution in [0, 0.1) is 13.8 Å². The molecule has 0 heterocycles. The van der Waals surface area contributed by atoms with Crippen molar-refractivity contribution in [2.75, 3.05) is 0 Å². The number of hydrogen-bond donors (Lipinski definition) is 2. The van der Waals surface area contributed by atoms with Crippen molar-refractivity contribution in [1.82, 2.24) is 0 Å². The third-order valence-electron chi connectivity index (χ3n) is 3.81. The van der Waals surface area contributed by atoms with Crippen LogP contribution in [0.2, 0.25) is 0 Å². The van der Waals surface area contributed by atoms with Gasteiger partial charge >= 0.3 is 0 Å². The first-order chi connectivity index (χ1) is 9.96. The Morgan fingerprint density at radius 2 is 1.14 bits per heavy atom. The number of phenolic OH excluding ortho intramolecular Hbond substituents is 2. The highest BCUT2D eigenvalue weighted by molar-refractivity contribution is 6.69. The van der Waals surface area contributed by atoms with E-state index in [1.807, 2.05) is 38.1 Å². The Bertz CT molecular complexity index is 605. The van der Waals surface area contributed by atoms with E-state index < -0.39 is 0 Å². The lowest BCUT2D eigenvalue weighted by atomic mass is 10.1. The minimum Gasteiger partial charge on any atom is -0.508 e. The molecule has 0 atom stereocenters. The summed E-state index contributed by atoms with van der Waals surface area (Å²) in [6, 6.07) is 8.15. The van der Waals surface area contributed by atoms with Gasteiger partial charge in [-0.15, -0.1) is 0 Å². The predicted octanol–water partition coefficient (Wildman–Crippen LogP) is 2.49. The SMILES string of the molecule is CCc1cc(C)c(O)c([Si]c2cc(CC)cc(C)c2O)c1. The Balaban J connectivity index is 2.47. The zero-order valence-electron chi connectivity index (χ0n) is 13.1. The van der Waals surface area contributed by atoms with Crippen LogP contribution < -0.4 is 10.4 Å². The Morgan fingerprint density at radius 3 is 1.48 bits per heavy atom. The van der Waals surface area contributed by atoms with E-state index in [1.165, 1.54) is 11.1 Å². The first kappa shape index (κ1) is 15.6. The summed E-state index contributed by atoms with van der Waals surface area (Å²) in [6.45, 7) is 8.07. The van der Waals surface area contributed by atoms with Crippen molar-refractivity contribution in [3.63, 3.8) is 0 Å². The van der Waals surface area contributed by atoms with Crippen molar-refractivity contribution in [3.05, 3.63) is 46.5 Å². The molecule has 0 spiro atoms. The number of aryl methyl sites for hydroxylation is 4. The highest BCUT2D eigenvalue weighted by atomic mass is 28.2. The van der Waals surface area contributed by atoms with Crippen LogP contribution in [0.3, 0.4) is 0 Å². The molecule has 3 heteroatoms. The lowest BCUT2D eigenvalue weighted by molar-refractivity contribution is 0.474. The largest absolute Gasteiger partial charge is 0.508 e. The van der Waals surface area contributed by atoms with Gasteiger partial charge in [-0.25, -0.2) is 0 Å². The van der Waals surface area contributed by atoms with Crippen LogP contribution in [0.4, 0.5) is 0 Å². The molecule has 0 unspecified atom stereocenters. The van der Waals surface area contributed by atoms with Gasteiger partial charge in [0.25, 0.3) is 0 Å². The Morgan fingerprint density at radius 1 is 0.762 bits per heavy atom. The summed E-state index contributed by atoms with van der Waals surface area (Å²) >= 11 is 0. The minimum absolute atomic E-state index is 0.266. The van der Waals surface area contributed by atoms with Crippen LogP contribution in [-0.2, 0) is 12.8 Å². The lowest BCUT2D eigenvalue weighted by Crippen LogP contribution is -2.29. The summed E-state index contributed by atoms with van der Waals surface area (Å²) in [7, 11) is 0.266. The maximum Gasteiger partial charge on any atom is 0.131 e. The maximum absolute atomic E-state index is 10.3. The fourth-order valence-corrected chi connectivity index (χ4v) is 3.89. The molecule has 0 aliphatic rings. The second kappa shape index (κ2) is 6.35. The monoisotopic (exact) mass is 298 g/mol. The molecule has 0 fully saturated rings. The van der Waals surface area contributed by atoms with Gasteiger partial charge in [0.15, 0.2) is 0 Å². The van der Waals surface area contributed by atoms with Gasteiger partial charge in [-0.05, 0) is 59.3 Å². The first-order valence-corrected chi connectivity index (χ1v) is 8.38. The Labute approximate surface area is 129 Å². The Kier molecular flexibility index (Phi) is 4.73. The van der Waals surface area contributed by atoms with Crippen LogP contribution in [0.5, 0.6) is 11.5 Å². The number of benzene rings is 2. The molecule has 2 nitrogen and oxygen atoms in total. The van der Waals surface area contributed by atoms with Crippen LogP contribution in [0.1, 0.15) is 36.1 Å². The van der Waals surface area contributed by atoms with Crippen LogP contribution >= 0.6 is 0 Å². The Hall–Kier alpha value is -1.74. The maximum atomic E-state index is 10.3. The molecular weight excluding hydrogens is 276 g/mol. The predicted molar refractivity (Wildman–Crippen MR) is 89.5 cm³/mol. The first-order valence-electron chi connectivity index (χ1n) is 7.38. The zero-order valence-corrected chi connectivity index (χ0v) is 14.1. The van der Waals surface area contributed by atoms with E-state index in [0.717, 1.165) is 34.3 Å². The van der Waals surface area contributed by atoms with Gasteiger partial charge in [0, 0.05) is 0 Å². The molecule has 2 rings (SSSR count). The van der Waals surface area contributed by atoms with Crippen molar-refractivity contribution in [2.45, 2.75) is 40.5 Å². The third-order valence-corrected chi connectivity index (χ3v) is 5.11. The normalized spacial score (nSPS) is 10.9. The summed E-state index contributed by atoms with van der Waals surface area (Å²) in [6.07, 6.45) is 1.89. The van der Waals surface area contributed by atoms with Gasteiger partial charge in [-0.1, -0.05) is 38.1 Å². The highest BCUT2D eigenvalue weighted by Gasteiger charge is 2.13. The molecule has 110 valence electrons. The van der Waals surface area contributed by atoms with E-state index >= 15 is 0 Å². The molecular formula is C18H22O2Si. The van der Waals surface area contributed by atoms with E-state index in [1.54, 1.807) is 0 Å². The summed E-state index contributed by atoms with van der Waals surface area (Å²) in [5.41, 5.74) is 4.24. The molecule has 0 aliphatic carbocycles. The lowest BCUT2D eigenvalue weighted by Gasteiger charge is -2.13. The van der Waals surface area contributed by atoms with E-state index in [9.17, 15) is 10.2 Å². The number of phenols is 2. The standard InChI is InChI=1S/C18H22O2Si/c1-5-13-7-11(3)17(19)15(9-13)21-16-10-14(6-2)8-12(4)18(16)20/h7-10,19-20H,5-6H2,1-4H3. The molecule has 2 aromatic rings. The number of rotatable bonds is 4. The van der Waals surface area contributed by atoms with Crippen molar-refractivity contribution in [2.24, 2.45) is 0 Å². The van der Waals surface area contributed by atoms with Crippen molar-refractivity contribution in [3.8, 4) is 11.5 Å². The molecule has 0 saturated heterocycles. The molecule has 0 aromatic heterocycles. The molecule has 2 N–H and O–H groups in total. The molecule has 0 bridgehead atoms. The zero-order chi connectivity index (χ0) is 15.6. The van der Waals surface area contributed by atoms with E-state index in [2.05, 4.69) is 13.8 Å². The summed E-state index contributed by atoms with van der Waals surface area (Å²) in [5.74, 6) is 0.703. The van der Waals surface area contributed by atoms with Crippen molar-refractivity contribution in [1.29, 1.82) is 0 Å². The average molecular weight is 298 g/mol. The van der Waals surface area contributed by atoms with Gasteiger partial charge in [-0.3, -0.25) is 0 Å². The fourth-order valence-electron chi connectivity index (χ4n) is 2.45. The average Bonchev–Trinajstić information content (AvgIpc) is 2.47. The topological polar surface area (TPSA) is 40.5 Å². The van der Waals surface area contributed by atoms with Crippen LogP contribution in [0.25, 0.3) is 0 Å².